The van der Waals surface area contributed by atoms with Crippen molar-refractivity contribution in [3.05, 3.63) is 28.6 Å². The number of hydrogen-bond acceptors (Lipinski definition) is 4. The van der Waals surface area contributed by atoms with Crippen molar-refractivity contribution in [3.8, 4) is 11.5 Å². The molecule has 0 radical (unpaired) electrons. The van der Waals surface area contributed by atoms with Crippen LogP contribution in [0.2, 0.25) is 0 Å². The standard InChI is InChI=1S/C11H11N3OS/c16-11-14-13-10(15-11)8-3-4-9-7(6-8)2-1-5-12-9/h3-4,6,12H,1-2,5H2,(H,14,16). The lowest BCUT2D eigenvalue weighted by atomic mass is 10.0. The molecule has 1 aliphatic rings. The predicted molar refractivity (Wildman–Crippen MR) is 63.9 cm³/mol. The monoisotopic (exact) mass is 233 g/mol. The first kappa shape index (κ1) is 9.59. The average molecular weight is 233 g/mol. The number of rotatable bonds is 1. The van der Waals surface area contributed by atoms with Crippen molar-refractivity contribution in [2.45, 2.75) is 12.8 Å². The van der Waals surface area contributed by atoms with E-state index in [4.69, 9.17) is 16.6 Å². The fourth-order valence-electron chi connectivity index (χ4n) is 1.96. The molecule has 0 aliphatic carbocycles. The van der Waals surface area contributed by atoms with Gasteiger partial charge >= 0.3 is 0 Å². The van der Waals surface area contributed by atoms with Crippen LogP contribution in [0.1, 0.15) is 12.0 Å². The molecular weight excluding hydrogens is 222 g/mol. The highest BCUT2D eigenvalue weighted by molar-refractivity contribution is 7.71. The number of aromatic nitrogens is 2. The Hall–Kier alpha value is -1.62. The molecule has 0 fully saturated rings. The molecule has 1 aromatic carbocycles. The van der Waals surface area contributed by atoms with Crippen LogP contribution in [0.5, 0.6) is 0 Å². The van der Waals surface area contributed by atoms with Gasteiger partial charge in [0.1, 0.15) is 0 Å². The van der Waals surface area contributed by atoms with E-state index in [0.717, 1.165) is 18.5 Å². The Kier molecular flexibility index (Phi) is 2.25. The molecule has 16 heavy (non-hydrogen) atoms. The van der Waals surface area contributed by atoms with E-state index in [-0.39, 0.29) is 0 Å². The fraction of sp³-hybridized carbons (Fsp3) is 0.273. The third kappa shape index (κ3) is 1.63. The van der Waals surface area contributed by atoms with Crippen LogP contribution >= 0.6 is 12.2 Å². The number of H-pyrrole nitrogens is 1. The molecule has 0 unspecified atom stereocenters. The van der Waals surface area contributed by atoms with Gasteiger partial charge in [0.15, 0.2) is 0 Å². The SMILES string of the molecule is S=c1[nH]nc(-c2ccc3c(c2)CCCN3)o1. The minimum absolute atomic E-state index is 0.311. The van der Waals surface area contributed by atoms with E-state index in [2.05, 4.69) is 27.6 Å². The summed E-state index contributed by atoms with van der Waals surface area (Å²) in [5.74, 6) is 0.554. The maximum atomic E-state index is 5.29. The Morgan fingerprint density at radius 2 is 2.31 bits per heavy atom. The number of nitrogens with zero attached hydrogens (tertiary/aromatic N) is 1. The second kappa shape index (κ2) is 3.75. The van der Waals surface area contributed by atoms with E-state index in [1.54, 1.807) is 0 Å². The average Bonchev–Trinajstić information content (AvgIpc) is 2.75. The van der Waals surface area contributed by atoms with Crippen molar-refractivity contribution < 1.29 is 4.42 Å². The molecule has 0 bridgehead atoms. The Bertz CT molecular complexity index is 573. The highest BCUT2D eigenvalue weighted by Crippen LogP contribution is 2.27. The van der Waals surface area contributed by atoms with Gasteiger partial charge in [-0.15, -0.1) is 5.10 Å². The maximum Gasteiger partial charge on any atom is 0.284 e. The van der Waals surface area contributed by atoms with Crippen LogP contribution in [-0.4, -0.2) is 16.7 Å². The van der Waals surface area contributed by atoms with Gasteiger partial charge in [-0.2, -0.15) is 0 Å². The number of fused-ring (bicyclic) bond motifs is 1. The highest BCUT2D eigenvalue weighted by Gasteiger charge is 2.11. The molecule has 3 rings (SSSR count). The number of aromatic amines is 1. The summed E-state index contributed by atoms with van der Waals surface area (Å²) in [5, 5.41) is 10.0. The molecule has 0 amide bonds. The van der Waals surface area contributed by atoms with Crippen LogP contribution in [0.4, 0.5) is 5.69 Å². The van der Waals surface area contributed by atoms with Crippen molar-refractivity contribution >= 4 is 17.9 Å². The summed E-state index contributed by atoms with van der Waals surface area (Å²) in [6.07, 6.45) is 2.27. The number of benzene rings is 1. The molecule has 1 aliphatic heterocycles. The molecule has 2 N–H and O–H groups in total. The molecule has 82 valence electrons. The number of aryl methyl sites for hydroxylation is 1. The summed E-state index contributed by atoms with van der Waals surface area (Å²) in [7, 11) is 0. The molecule has 2 heterocycles. The van der Waals surface area contributed by atoms with Gasteiger partial charge in [0, 0.05) is 17.8 Å². The van der Waals surface area contributed by atoms with Crippen LogP contribution in [0.3, 0.4) is 0 Å². The van der Waals surface area contributed by atoms with Gasteiger partial charge in [0.25, 0.3) is 4.84 Å². The molecular formula is C11H11N3OS. The molecule has 1 aromatic heterocycles. The molecule has 5 heteroatoms. The third-order valence-corrected chi connectivity index (χ3v) is 2.90. The van der Waals surface area contributed by atoms with Crippen LogP contribution in [-0.2, 0) is 6.42 Å². The van der Waals surface area contributed by atoms with E-state index in [9.17, 15) is 0 Å². The van der Waals surface area contributed by atoms with Crippen molar-refractivity contribution in [1.82, 2.24) is 10.2 Å². The summed E-state index contributed by atoms with van der Waals surface area (Å²) >= 11 is 4.86. The number of nitrogens with one attached hydrogen (secondary N) is 2. The predicted octanol–water partition coefficient (Wildman–Crippen LogP) is 2.76. The minimum Gasteiger partial charge on any atom is -0.409 e. The smallest absolute Gasteiger partial charge is 0.284 e. The Morgan fingerprint density at radius 3 is 3.12 bits per heavy atom. The highest BCUT2D eigenvalue weighted by atomic mass is 32.1. The maximum absolute atomic E-state index is 5.29. The molecule has 0 saturated carbocycles. The second-order valence-electron chi connectivity index (χ2n) is 3.82. The van der Waals surface area contributed by atoms with E-state index in [1.165, 1.54) is 17.7 Å². The molecule has 0 atom stereocenters. The lowest BCUT2D eigenvalue weighted by molar-refractivity contribution is 0.552. The zero-order valence-electron chi connectivity index (χ0n) is 8.62. The second-order valence-corrected chi connectivity index (χ2v) is 4.19. The lowest BCUT2D eigenvalue weighted by Gasteiger charge is -2.17. The Labute approximate surface area is 97.7 Å². The van der Waals surface area contributed by atoms with Crippen molar-refractivity contribution in [3.63, 3.8) is 0 Å². The fourth-order valence-corrected chi connectivity index (χ4v) is 2.09. The molecule has 4 nitrogen and oxygen atoms in total. The van der Waals surface area contributed by atoms with Crippen LogP contribution in [0, 0.1) is 4.84 Å². The minimum atomic E-state index is 0.311. The zero-order chi connectivity index (χ0) is 11.0. The summed E-state index contributed by atoms with van der Waals surface area (Å²) < 4.78 is 5.29. The topological polar surface area (TPSA) is 53.9 Å². The van der Waals surface area contributed by atoms with Gasteiger partial charge in [0.2, 0.25) is 5.89 Å². The van der Waals surface area contributed by atoms with Gasteiger partial charge in [-0.1, -0.05) is 0 Å². The van der Waals surface area contributed by atoms with E-state index >= 15 is 0 Å². The van der Waals surface area contributed by atoms with E-state index in [0.29, 0.717) is 10.7 Å². The van der Waals surface area contributed by atoms with E-state index in [1.807, 2.05) is 6.07 Å². The first-order valence-electron chi connectivity index (χ1n) is 5.25. The van der Waals surface area contributed by atoms with Gasteiger partial charge < -0.3 is 9.73 Å². The third-order valence-electron chi connectivity index (χ3n) is 2.73. The first-order chi connectivity index (χ1) is 7.83. The Balaban J connectivity index is 2.06. The molecule has 0 spiro atoms. The first-order valence-corrected chi connectivity index (χ1v) is 5.66. The quantitative estimate of drug-likeness (QED) is 0.744. The van der Waals surface area contributed by atoms with Gasteiger partial charge in [-0.05, 0) is 48.8 Å². The van der Waals surface area contributed by atoms with Gasteiger partial charge in [-0.25, -0.2) is 5.10 Å². The lowest BCUT2D eigenvalue weighted by Crippen LogP contribution is -2.11. The van der Waals surface area contributed by atoms with Gasteiger partial charge in [-0.3, -0.25) is 0 Å². The number of anilines is 1. The van der Waals surface area contributed by atoms with Crippen molar-refractivity contribution in [2.24, 2.45) is 0 Å². The largest absolute Gasteiger partial charge is 0.409 e. The van der Waals surface area contributed by atoms with Crippen LogP contribution < -0.4 is 5.32 Å². The van der Waals surface area contributed by atoms with Crippen LogP contribution in [0.25, 0.3) is 11.5 Å². The summed E-state index contributed by atoms with van der Waals surface area (Å²) in [6.45, 7) is 1.05. The summed E-state index contributed by atoms with van der Waals surface area (Å²) in [4.78, 5) is 0.311. The Morgan fingerprint density at radius 1 is 1.38 bits per heavy atom. The number of hydrogen-bond donors (Lipinski definition) is 2. The van der Waals surface area contributed by atoms with Crippen molar-refractivity contribution in [1.29, 1.82) is 0 Å². The molecule has 0 saturated heterocycles. The normalized spacial score (nSPS) is 14.2. The summed E-state index contributed by atoms with van der Waals surface area (Å²) in [6, 6.07) is 6.17. The van der Waals surface area contributed by atoms with Crippen LogP contribution in [0.15, 0.2) is 22.6 Å². The molecule has 2 aromatic rings. The zero-order valence-corrected chi connectivity index (χ0v) is 9.43. The van der Waals surface area contributed by atoms with Gasteiger partial charge in [0.05, 0.1) is 0 Å². The van der Waals surface area contributed by atoms with Crippen molar-refractivity contribution in [2.75, 3.05) is 11.9 Å². The summed E-state index contributed by atoms with van der Waals surface area (Å²) in [5.41, 5.74) is 3.49. The van der Waals surface area contributed by atoms with E-state index < -0.39 is 0 Å².